The van der Waals surface area contributed by atoms with Crippen LogP contribution in [0, 0.1) is 6.92 Å². The molecule has 0 spiro atoms. The summed E-state index contributed by atoms with van der Waals surface area (Å²) in [7, 11) is 0. The predicted molar refractivity (Wildman–Crippen MR) is 91.9 cm³/mol. The van der Waals surface area contributed by atoms with Crippen LogP contribution in [-0.2, 0) is 0 Å². The Hall–Kier alpha value is -1.61. The number of para-hydroxylation sites is 1. The second-order valence-corrected chi connectivity index (χ2v) is 6.18. The van der Waals surface area contributed by atoms with Gasteiger partial charge in [-0.1, -0.05) is 18.2 Å². The molecule has 0 aliphatic carbocycles. The van der Waals surface area contributed by atoms with Crippen LogP contribution in [0.1, 0.15) is 33.4 Å². The summed E-state index contributed by atoms with van der Waals surface area (Å²) >= 11 is 0. The topological polar surface area (TPSA) is 28.2 Å². The second kappa shape index (κ2) is 6.90. The number of pyridine rings is 1. The van der Waals surface area contributed by atoms with Crippen molar-refractivity contribution >= 4 is 16.6 Å². The molecule has 1 N–H and O–H groups in total. The van der Waals surface area contributed by atoms with E-state index >= 15 is 0 Å². The molecule has 0 aliphatic heterocycles. The van der Waals surface area contributed by atoms with Gasteiger partial charge in [0.1, 0.15) is 0 Å². The molecule has 1 aromatic carbocycles. The first kappa shape index (κ1) is 15.8. The number of nitrogens with one attached hydrogen (secondary N) is 1. The number of nitrogens with zero attached hydrogens (tertiary/aromatic N) is 2. The lowest BCUT2D eigenvalue weighted by Crippen LogP contribution is -2.40. The summed E-state index contributed by atoms with van der Waals surface area (Å²) in [5, 5.41) is 4.78. The van der Waals surface area contributed by atoms with E-state index in [4.69, 9.17) is 0 Å². The Morgan fingerprint density at radius 3 is 2.43 bits per heavy atom. The van der Waals surface area contributed by atoms with Crippen LogP contribution in [-0.4, -0.2) is 35.1 Å². The molecule has 2 rings (SSSR count). The van der Waals surface area contributed by atoms with Crippen molar-refractivity contribution in [1.29, 1.82) is 0 Å². The molecule has 1 aromatic heterocycles. The third-order valence-electron chi connectivity index (χ3n) is 3.86. The summed E-state index contributed by atoms with van der Waals surface area (Å²) in [6.45, 7) is 13.1. The van der Waals surface area contributed by atoms with Gasteiger partial charge in [0.15, 0.2) is 0 Å². The molecule has 0 atom stereocenters. The monoisotopic (exact) mass is 285 g/mol. The third kappa shape index (κ3) is 3.94. The molecule has 3 heteroatoms. The van der Waals surface area contributed by atoms with Gasteiger partial charge in [-0.3, -0.25) is 9.88 Å². The maximum absolute atomic E-state index is 4.59. The minimum Gasteiger partial charge on any atom is -0.383 e. The van der Waals surface area contributed by atoms with Gasteiger partial charge in [-0.05, 0) is 46.8 Å². The fraction of sp³-hybridized carbons (Fsp3) is 0.500. The van der Waals surface area contributed by atoms with E-state index in [0.29, 0.717) is 12.1 Å². The van der Waals surface area contributed by atoms with E-state index in [1.807, 2.05) is 13.0 Å². The number of hydrogen-bond donors (Lipinski definition) is 1. The number of aromatic nitrogens is 1. The number of hydrogen-bond acceptors (Lipinski definition) is 3. The van der Waals surface area contributed by atoms with Crippen LogP contribution in [0.4, 0.5) is 5.69 Å². The lowest BCUT2D eigenvalue weighted by atomic mass is 10.1. The summed E-state index contributed by atoms with van der Waals surface area (Å²) in [6.07, 6.45) is 0. The van der Waals surface area contributed by atoms with Crippen LogP contribution in [0.15, 0.2) is 30.3 Å². The highest BCUT2D eigenvalue weighted by Gasteiger charge is 2.12. The molecule has 0 unspecified atom stereocenters. The van der Waals surface area contributed by atoms with Gasteiger partial charge >= 0.3 is 0 Å². The zero-order valence-corrected chi connectivity index (χ0v) is 13.9. The number of fused-ring (bicyclic) bond motifs is 1. The van der Waals surface area contributed by atoms with E-state index in [1.165, 1.54) is 11.1 Å². The van der Waals surface area contributed by atoms with Gasteiger partial charge in [-0.15, -0.1) is 0 Å². The minimum atomic E-state index is 0.572. The van der Waals surface area contributed by atoms with E-state index in [1.54, 1.807) is 0 Å². The average molecular weight is 285 g/mol. The molecule has 0 saturated heterocycles. The highest BCUT2D eigenvalue weighted by atomic mass is 15.2. The molecule has 21 heavy (non-hydrogen) atoms. The Kier molecular flexibility index (Phi) is 5.18. The standard InChI is InChI=1S/C18H27N3/c1-13(2)21(14(3)4)11-10-19-18-12-15(5)20-17-9-7-6-8-16(17)18/h6-9,12-14H,10-11H2,1-5H3,(H,19,20). The number of aryl methyl sites for hydroxylation is 1. The maximum atomic E-state index is 4.59. The fourth-order valence-corrected chi connectivity index (χ4v) is 2.89. The van der Waals surface area contributed by atoms with Crippen molar-refractivity contribution in [2.24, 2.45) is 0 Å². The zero-order chi connectivity index (χ0) is 15.4. The van der Waals surface area contributed by atoms with Gasteiger partial charge in [-0.25, -0.2) is 0 Å². The van der Waals surface area contributed by atoms with Crippen molar-refractivity contribution in [3.8, 4) is 0 Å². The molecule has 1 heterocycles. The van der Waals surface area contributed by atoms with Gasteiger partial charge in [0.05, 0.1) is 5.52 Å². The zero-order valence-electron chi connectivity index (χ0n) is 13.9. The second-order valence-electron chi connectivity index (χ2n) is 6.18. The van der Waals surface area contributed by atoms with Crippen LogP contribution < -0.4 is 5.32 Å². The Bertz CT molecular complexity index is 582. The Morgan fingerprint density at radius 1 is 1.10 bits per heavy atom. The molecule has 0 bridgehead atoms. The highest BCUT2D eigenvalue weighted by Crippen LogP contribution is 2.22. The van der Waals surface area contributed by atoms with Crippen molar-refractivity contribution < 1.29 is 0 Å². The van der Waals surface area contributed by atoms with Crippen LogP contribution in [0.25, 0.3) is 10.9 Å². The number of anilines is 1. The lowest BCUT2D eigenvalue weighted by Gasteiger charge is -2.30. The summed E-state index contributed by atoms with van der Waals surface area (Å²) in [5.41, 5.74) is 3.30. The summed E-state index contributed by atoms with van der Waals surface area (Å²) in [6, 6.07) is 11.6. The van der Waals surface area contributed by atoms with Crippen molar-refractivity contribution in [1.82, 2.24) is 9.88 Å². The minimum absolute atomic E-state index is 0.572. The van der Waals surface area contributed by atoms with Crippen LogP contribution in [0.3, 0.4) is 0 Å². The molecular weight excluding hydrogens is 258 g/mol. The van der Waals surface area contributed by atoms with Gasteiger partial charge in [0.25, 0.3) is 0 Å². The number of rotatable bonds is 6. The van der Waals surface area contributed by atoms with Crippen molar-refractivity contribution in [2.75, 3.05) is 18.4 Å². The van der Waals surface area contributed by atoms with Crippen molar-refractivity contribution in [3.63, 3.8) is 0 Å². The quantitative estimate of drug-likeness (QED) is 0.867. The van der Waals surface area contributed by atoms with E-state index in [2.05, 4.69) is 67.2 Å². The molecule has 0 saturated carbocycles. The van der Waals surface area contributed by atoms with E-state index in [0.717, 1.165) is 24.3 Å². The lowest BCUT2D eigenvalue weighted by molar-refractivity contribution is 0.182. The molecule has 0 radical (unpaired) electrons. The van der Waals surface area contributed by atoms with E-state index in [9.17, 15) is 0 Å². The SMILES string of the molecule is Cc1cc(NCCN(C(C)C)C(C)C)c2ccccc2n1. The van der Waals surface area contributed by atoms with Gasteiger partial charge < -0.3 is 5.32 Å². The highest BCUT2D eigenvalue weighted by molar-refractivity contribution is 5.91. The van der Waals surface area contributed by atoms with Gasteiger partial charge in [-0.2, -0.15) is 0 Å². The first-order valence-electron chi connectivity index (χ1n) is 7.85. The Morgan fingerprint density at radius 2 is 1.76 bits per heavy atom. The van der Waals surface area contributed by atoms with E-state index < -0.39 is 0 Å². The molecule has 3 nitrogen and oxygen atoms in total. The first-order valence-corrected chi connectivity index (χ1v) is 7.85. The molecular formula is C18H27N3. The van der Waals surface area contributed by atoms with Gasteiger partial charge in [0.2, 0.25) is 0 Å². The average Bonchev–Trinajstić information content (AvgIpc) is 2.42. The molecule has 0 aliphatic rings. The fourth-order valence-electron chi connectivity index (χ4n) is 2.89. The smallest absolute Gasteiger partial charge is 0.0725 e. The third-order valence-corrected chi connectivity index (χ3v) is 3.86. The maximum Gasteiger partial charge on any atom is 0.0725 e. The first-order chi connectivity index (χ1) is 9.99. The normalized spacial score (nSPS) is 11.8. The summed E-state index contributed by atoms with van der Waals surface area (Å²) in [4.78, 5) is 7.09. The molecule has 0 amide bonds. The van der Waals surface area contributed by atoms with Crippen LogP contribution in [0.5, 0.6) is 0 Å². The van der Waals surface area contributed by atoms with Crippen molar-refractivity contribution in [3.05, 3.63) is 36.0 Å². The predicted octanol–water partition coefficient (Wildman–Crippen LogP) is 4.07. The summed E-state index contributed by atoms with van der Waals surface area (Å²) in [5.74, 6) is 0. The Balaban J connectivity index is 2.10. The molecule has 0 fully saturated rings. The van der Waals surface area contributed by atoms with Crippen molar-refractivity contribution in [2.45, 2.75) is 46.7 Å². The Labute approximate surface area is 128 Å². The van der Waals surface area contributed by atoms with Gasteiger partial charge in [0, 0.05) is 41.9 Å². The molecule has 114 valence electrons. The summed E-state index contributed by atoms with van der Waals surface area (Å²) < 4.78 is 0. The number of benzene rings is 1. The van der Waals surface area contributed by atoms with Crippen LogP contribution in [0.2, 0.25) is 0 Å². The van der Waals surface area contributed by atoms with Crippen LogP contribution >= 0.6 is 0 Å². The largest absolute Gasteiger partial charge is 0.383 e. The van der Waals surface area contributed by atoms with E-state index in [-0.39, 0.29) is 0 Å². The molecule has 2 aromatic rings.